The highest BCUT2D eigenvalue weighted by Gasteiger charge is 2.11. The molecule has 134 valence electrons. The Morgan fingerprint density at radius 1 is 0.963 bits per heavy atom. The summed E-state index contributed by atoms with van der Waals surface area (Å²) in [7, 11) is 0. The molecule has 0 unspecified atom stereocenters. The van der Waals surface area contributed by atoms with Gasteiger partial charge >= 0.3 is 0 Å². The second kappa shape index (κ2) is 8.05. The molecule has 2 heterocycles. The van der Waals surface area contributed by atoms with E-state index in [1.807, 2.05) is 60.0 Å². The third-order valence-electron chi connectivity index (χ3n) is 4.02. The predicted octanol–water partition coefficient (Wildman–Crippen LogP) is 6.37. The zero-order valence-electron chi connectivity index (χ0n) is 14.2. The van der Waals surface area contributed by atoms with Gasteiger partial charge in [-0.05, 0) is 41.8 Å². The van der Waals surface area contributed by atoms with E-state index in [2.05, 4.69) is 22.4 Å². The number of aromatic nitrogens is 1. The predicted molar refractivity (Wildman–Crippen MR) is 114 cm³/mol. The summed E-state index contributed by atoms with van der Waals surface area (Å²) < 4.78 is 0.721. The second-order valence-corrected chi connectivity index (χ2v) is 8.53. The van der Waals surface area contributed by atoms with Gasteiger partial charge in [0.2, 0.25) is 0 Å². The molecule has 2 aromatic heterocycles. The Bertz CT molecular complexity index is 1060. The van der Waals surface area contributed by atoms with Crippen molar-refractivity contribution in [3.05, 3.63) is 93.1 Å². The van der Waals surface area contributed by atoms with E-state index in [0.29, 0.717) is 10.7 Å². The molecular weight excluding hydrogens is 396 g/mol. The number of thiophene rings is 1. The van der Waals surface area contributed by atoms with E-state index in [0.717, 1.165) is 21.3 Å². The highest BCUT2D eigenvalue weighted by molar-refractivity contribution is 7.20. The van der Waals surface area contributed by atoms with Crippen LogP contribution in [0.25, 0.3) is 10.6 Å². The van der Waals surface area contributed by atoms with Crippen LogP contribution in [0.5, 0.6) is 0 Å². The number of rotatable bonds is 5. The zero-order valence-corrected chi connectivity index (χ0v) is 16.6. The van der Waals surface area contributed by atoms with Crippen LogP contribution in [-0.2, 0) is 6.42 Å². The SMILES string of the molecule is O=C(Nc1nc(-c2ccc(Cl)s2)cs1)c1ccc(Cc2ccccc2)cc1. The molecule has 0 saturated carbocycles. The van der Waals surface area contributed by atoms with Crippen molar-refractivity contribution >= 4 is 45.3 Å². The van der Waals surface area contributed by atoms with Gasteiger partial charge in [0.05, 0.1) is 14.9 Å². The van der Waals surface area contributed by atoms with Crippen molar-refractivity contribution in [1.29, 1.82) is 0 Å². The van der Waals surface area contributed by atoms with Gasteiger partial charge < -0.3 is 0 Å². The van der Waals surface area contributed by atoms with E-state index < -0.39 is 0 Å². The number of halogens is 1. The number of anilines is 1. The monoisotopic (exact) mass is 410 g/mol. The number of nitrogens with one attached hydrogen (secondary N) is 1. The Kier molecular flexibility index (Phi) is 5.34. The maximum Gasteiger partial charge on any atom is 0.257 e. The Balaban J connectivity index is 1.42. The molecule has 4 rings (SSSR count). The molecule has 0 atom stereocenters. The van der Waals surface area contributed by atoms with E-state index in [1.165, 1.54) is 33.8 Å². The van der Waals surface area contributed by atoms with Crippen LogP contribution in [0.3, 0.4) is 0 Å². The first-order valence-electron chi connectivity index (χ1n) is 8.33. The van der Waals surface area contributed by atoms with Gasteiger partial charge in [-0.3, -0.25) is 10.1 Å². The summed E-state index contributed by atoms with van der Waals surface area (Å²) in [4.78, 5) is 17.9. The van der Waals surface area contributed by atoms with Crippen molar-refractivity contribution in [3.63, 3.8) is 0 Å². The number of nitrogens with zero attached hydrogens (tertiary/aromatic N) is 1. The van der Waals surface area contributed by atoms with Crippen LogP contribution in [0.15, 0.2) is 72.1 Å². The lowest BCUT2D eigenvalue weighted by Crippen LogP contribution is -2.11. The lowest BCUT2D eigenvalue weighted by molar-refractivity contribution is 0.102. The van der Waals surface area contributed by atoms with E-state index in [1.54, 1.807) is 0 Å². The Labute approximate surface area is 170 Å². The first kappa shape index (κ1) is 17.9. The van der Waals surface area contributed by atoms with Crippen LogP contribution < -0.4 is 5.32 Å². The van der Waals surface area contributed by atoms with Crippen molar-refractivity contribution in [2.75, 3.05) is 5.32 Å². The first-order chi connectivity index (χ1) is 13.2. The van der Waals surface area contributed by atoms with E-state index in [4.69, 9.17) is 11.6 Å². The molecule has 0 aliphatic carbocycles. The molecule has 3 nitrogen and oxygen atoms in total. The van der Waals surface area contributed by atoms with Crippen molar-refractivity contribution < 1.29 is 4.79 Å². The van der Waals surface area contributed by atoms with Crippen molar-refractivity contribution in [2.45, 2.75) is 6.42 Å². The van der Waals surface area contributed by atoms with Gasteiger partial charge in [-0.25, -0.2) is 4.98 Å². The zero-order chi connectivity index (χ0) is 18.6. The molecule has 0 aliphatic rings. The number of carbonyl (C=O) groups is 1. The molecule has 1 amide bonds. The summed E-state index contributed by atoms with van der Waals surface area (Å²) >= 11 is 8.84. The normalized spacial score (nSPS) is 10.7. The largest absolute Gasteiger partial charge is 0.298 e. The molecule has 6 heteroatoms. The highest BCUT2D eigenvalue weighted by atomic mass is 35.5. The molecule has 27 heavy (non-hydrogen) atoms. The van der Waals surface area contributed by atoms with Gasteiger partial charge in [-0.15, -0.1) is 22.7 Å². The summed E-state index contributed by atoms with van der Waals surface area (Å²) in [6.07, 6.45) is 0.849. The van der Waals surface area contributed by atoms with Gasteiger partial charge in [0.25, 0.3) is 5.91 Å². The van der Waals surface area contributed by atoms with E-state index in [-0.39, 0.29) is 5.91 Å². The summed E-state index contributed by atoms with van der Waals surface area (Å²) in [5.41, 5.74) is 3.86. The number of hydrogen-bond donors (Lipinski definition) is 1. The first-order valence-corrected chi connectivity index (χ1v) is 10.4. The van der Waals surface area contributed by atoms with Crippen molar-refractivity contribution in [1.82, 2.24) is 4.98 Å². The molecule has 0 fully saturated rings. The molecule has 0 radical (unpaired) electrons. The highest BCUT2D eigenvalue weighted by Crippen LogP contribution is 2.32. The molecule has 1 N–H and O–H groups in total. The molecule has 4 aromatic rings. The van der Waals surface area contributed by atoms with Crippen LogP contribution in [-0.4, -0.2) is 10.9 Å². The van der Waals surface area contributed by atoms with E-state index >= 15 is 0 Å². The second-order valence-electron chi connectivity index (χ2n) is 5.96. The van der Waals surface area contributed by atoms with Gasteiger partial charge in [-0.1, -0.05) is 54.1 Å². The van der Waals surface area contributed by atoms with Crippen LogP contribution >= 0.6 is 34.3 Å². The lowest BCUT2D eigenvalue weighted by atomic mass is 10.0. The maximum atomic E-state index is 12.5. The fourth-order valence-corrected chi connectivity index (χ4v) is 4.46. The minimum Gasteiger partial charge on any atom is -0.298 e. The third kappa shape index (κ3) is 4.45. The summed E-state index contributed by atoms with van der Waals surface area (Å²) in [5.74, 6) is -0.161. The Morgan fingerprint density at radius 3 is 2.41 bits per heavy atom. The fourth-order valence-electron chi connectivity index (χ4n) is 2.67. The Morgan fingerprint density at radius 2 is 1.70 bits per heavy atom. The maximum absolute atomic E-state index is 12.5. The van der Waals surface area contributed by atoms with Crippen molar-refractivity contribution in [3.8, 4) is 10.6 Å². The van der Waals surface area contributed by atoms with Crippen LogP contribution in [0, 0.1) is 0 Å². The average molecular weight is 411 g/mol. The minimum absolute atomic E-state index is 0.161. The topological polar surface area (TPSA) is 42.0 Å². The Hall–Kier alpha value is -2.47. The smallest absolute Gasteiger partial charge is 0.257 e. The molecule has 0 spiro atoms. The minimum atomic E-state index is -0.161. The average Bonchev–Trinajstić information content (AvgIpc) is 3.32. The van der Waals surface area contributed by atoms with Crippen LogP contribution in [0.2, 0.25) is 4.34 Å². The molecule has 2 aromatic carbocycles. The summed E-state index contributed by atoms with van der Waals surface area (Å²) in [6, 6.07) is 21.7. The number of benzene rings is 2. The summed E-state index contributed by atoms with van der Waals surface area (Å²) in [6.45, 7) is 0. The van der Waals surface area contributed by atoms with Crippen LogP contribution in [0.1, 0.15) is 21.5 Å². The standard InChI is InChI=1S/C21H15ClN2OS2/c22-19-11-10-18(27-19)17-13-26-21(23-17)24-20(25)16-8-6-15(7-9-16)12-14-4-2-1-3-5-14/h1-11,13H,12H2,(H,23,24,25). The van der Waals surface area contributed by atoms with Crippen molar-refractivity contribution in [2.24, 2.45) is 0 Å². The van der Waals surface area contributed by atoms with Crippen LogP contribution in [0.4, 0.5) is 5.13 Å². The number of thiazole rings is 1. The summed E-state index contributed by atoms with van der Waals surface area (Å²) in [5, 5.41) is 5.36. The number of carbonyl (C=O) groups excluding carboxylic acids is 1. The number of hydrogen-bond acceptors (Lipinski definition) is 4. The fraction of sp³-hybridized carbons (Fsp3) is 0.0476. The van der Waals surface area contributed by atoms with Gasteiger partial charge in [0, 0.05) is 10.9 Å². The quantitative estimate of drug-likeness (QED) is 0.415. The van der Waals surface area contributed by atoms with E-state index in [9.17, 15) is 4.79 Å². The number of amides is 1. The molecule has 0 bridgehead atoms. The van der Waals surface area contributed by atoms with Gasteiger partial charge in [0.15, 0.2) is 5.13 Å². The third-order valence-corrected chi connectivity index (χ3v) is 6.03. The molecule has 0 saturated heterocycles. The van der Waals surface area contributed by atoms with Gasteiger partial charge in [0.1, 0.15) is 0 Å². The van der Waals surface area contributed by atoms with Gasteiger partial charge in [-0.2, -0.15) is 0 Å². The molecular formula is C21H15ClN2OS2. The molecule has 0 aliphatic heterocycles. The lowest BCUT2D eigenvalue weighted by Gasteiger charge is -2.05.